The van der Waals surface area contributed by atoms with E-state index in [1.165, 1.54) is 53.8 Å². The van der Waals surface area contributed by atoms with Gasteiger partial charge in [-0.3, -0.25) is 0 Å². The SMILES string of the molecule is CCC(C)OP(=S)(OC(C)CC)SSc1nnc(SSP(=S)(OC(C)CC)OC(C)CC)s1. The van der Waals surface area contributed by atoms with Gasteiger partial charge in [0, 0.05) is 20.8 Å². The number of hydrogen-bond donors (Lipinski definition) is 0. The first kappa shape index (κ1) is 33.1. The Labute approximate surface area is 229 Å². The lowest BCUT2D eigenvalue weighted by atomic mass is 10.3. The molecule has 194 valence electrons. The van der Waals surface area contributed by atoms with Crippen LogP contribution in [0, 0.1) is 0 Å². The van der Waals surface area contributed by atoms with E-state index in [0.717, 1.165) is 34.4 Å². The average molecular weight is 631 g/mol. The van der Waals surface area contributed by atoms with Gasteiger partial charge in [0.2, 0.25) is 0 Å². The molecule has 1 aromatic heterocycles. The van der Waals surface area contributed by atoms with Crippen LogP contribution >= 0.6 is 65.1 Å². The smallest absolute Gasteiger partial charge is 0.258 e. The van der Waals surface area contributed by atoms with Crippen molar-refractivity contribution in [2.45, 2.75) is 114 Å². The monoisotopic (exact) mass is 630 g/mol. The Morgan fingerprint density at radius 2 is 0.939 bits per heavy atom. The van der Waals surface area contributed by atoms with E-state index in [0.29, 0.717) is 0 Å². The van der Waals surface area contributed by atoms with E-state index in [4.69, 9.17) is 41.7 Å². The molecule has 15 heteroatoms. The van der Waals surface area contributed by atoms with Gasteiger partial charge >= 0.3 is 0 Å². The van der Waals surface area contributed by atoms with Gasteiger partial charge in [-0.05, 0) is 98.6 Å². The lowest BCUT2D eigenvalue weighted by Crippen LogP contribution is -2.09. The summed E-state index contributed by atoms with van der Waals surface area (Å²) >= 11 is 13.1. The first-order chi connectivity index (χ1) is 15.5. The van der Waals surface area contributed by atoms with Crippen LogP contribution in [0.5, 0.6) is 0 Å². The minimum atomic E-state index is -2.51. The van der Waals surface area contributed by atoms with Crippen molar-refractivity contribution in [1.82, 2.24) is 10.2 Å². The van der Waals surface area contributed by atoms with E-state index in [2.05, 4.69) is 37.9 Å². The van der Waals surface area contributed by atoms with Gasteiger partial charge in [-0.1, -0.05) is 39.0 Å². The summed E-state index contributed by atoms with van der Waals surface area (Å²) in [6, 6.07) is 0. The summed E-state index contributed by atoms with van der Waals surface area (Å²) in [4.78, 5) is 0. The topological polar surface area (TPSA) is 62.7 Å². The first-order valence-electron chi connectivity index (χ1n) is 11.0. The van der Waals surface area contributed by atoms with Crippen molar-refractivity contribution in [3.05, 3.63) is 0 Å². The summed E-state index contributed by atoms with van der Waals surface area (Å²) in [5.41, 5.74) is -5.03. The standard InChI is InChI=1S/C18H36N2O4P2S7/c1-9-13(5)21-25(27,22-14(6)10-2)32-30-17-19-20-18(29-17)31-33-26(28,23-15(7)11-3)24-16(8)12-4/h13-16H,9-12H2,1-8H3. The summed E-state index contributed by atoms with van der Waals surface area (Å²) in [7, 11) is 5.84. The molecule has 0 bridgehead atoms. The normalized spacial score (nSPS) is 19.4. The maximum atomic E-state index is 6.13. The predicted molar refractivity (Wildman–Crippen MR) is 159 cm³/mol. The fraction of sp³-hybridized carbons (Fsp3) is 0.889. The zero-order valence-corrected chi connectivity index (χ0v) is 27.9. The Hall–Kier alpha value is 2.10. The molecule has 0 spiro atoms. The molecule has 0 aromatic carbocycles. The van der Waals surface area contributed by atoms with E-state index < -0.39 is 11.4 Å². The molecule has 0 fully saturated rings. The number of nitrogens with zero attached hydrogens (tertiary/aromatic N) is 2. The lowest BCUT2D eigenvalue weighted by molar-refractivity contribution is 0.163. The van der Waals surface area contributed by atoms with E-state index >= 15 is 0 Å². The summed E-state index contributed by atoms with van der Waals surface area (Å²) in [5, 5.41) is 8.61. The third kappa shape index (κ3) is 13.5. The van der Waals surface area contributed by atoms with Crippen molar-refractivity contribution < 1.29 is 18.1 Å². The van der Waals surface area contributed by atoms with E-state index in [1.807, 2.05) is 27.7 Å². The second-order valence-corrected chi connectivity index (χ2v) is 24.6. The Morgan fingerprint density at radius 1 is 0.667 bits per heavy atom. The molecule has 6 nitrogen and oxygen atoms in total. The van der Waals surface area contributed by atoms with Crippen LogP contribution in [-0.2, 0) is 41.7 Å². The Bertz CT molecular complexity index is 696. The molecular weight excluding hydrogens is 595 g/mol. The fourth-order valence-corrected chi connectivity index (χ4v) is 19.0. The molecule has 0 aliphatic heterocycles. The summed E-state index contributed by atoms with van der Waals surface area (Å²) in [6.07, 6.45) is 3.72. The molecule has 1 rings (SSSR count). The molecule has 4 unspecified atom stereocenters. The van der Waals surface area contributed by atoms with Gasteiger partial charge in [0.15, 0.2) is 8.68 Å². The molecule has 0 saturated heterocycles. The molecule has 0 saturated carbocycles. The maximum absolute atomic E-state index is 6.13. The number of rotatable bonds is 18. The van der Waals surface area contributed by atoms with Gasteiger partial charge in [0.1, 0.15) is 0 Å². The summed E-state index contributed by atoms with van der Waals surface area (Å²) in [5.74, 6) is 0. The third-order valence-electron chi connectivity index (χ3n) is 4.32. The molecular formula is C18H36N2O4P2S7. The largest absolute Gasteiger partial charge is 0.318 e. The van der Waals surface area contributed by atoms with Gasteiger partial charge in [0.05, 0.1) is 24.4 Å². The number of aromatic nitrogens is 2. The maximum Gasteiger partial charge on any atom is 0.258 e. The summed E-state index contributed by atoms with van der Waals surface area (Å²) < 4.78 is 26.1. The second kappa shape index (κ2) is 16.8. The minimum Gasteiger partial charge on any atom is -0.318 e. The molecule has 1 aromatic rings. The van der Waals surface area contributed by atoms with Crippen LogP contribution in [0.15, 0.2) is 8.68 Å². The highest BCUT2D eigenvalue weighted by atomic mass is 33.4. The molecule has 33 heavy (non-hydrogen) atoms. The van der Waals surface area contributed by atoms with Crippen LogP contribution in [0.3, 0.4) is 0 Å². The van der Waals surface area contributed by atoms with Crippen molar-refractivity contribution in [1.29, 1.82) is 0 Å². The molecule has 0 amide bonds. The van der Waals surface area contributed by atoms with Crippen LogP contribution in [0.25, 0.3) is 0 Å². The van der Waals surface area contributed by atoms with Crippen LogP contribution in [-0.4, -0.2) is 34.6 Å². The quantitative estimate of drug-likeness (QED) is 0.115. The summed E-state index contributed by atoms with van der Waals surface area (Å²) in [6.45, 7) is 16.4. The van der Waals surface area contributed by atoms with Crippen LogP contribution in [0.4, 0.5) is 0 Å². The van der Waals surface area contributed by atoms with Crippen molar-refractivity contribution in [2.24, 2.45) is 0 Å². The van der Waals surface area contributed by atoms with Crippen LogP contribution in [0.1, 0.15) is 81.1 Å². The van der Waals surface area contributed by atoms with Gasteiger partial charge in [0.25, 0.3) is 11.4 Å². The highest BCUT2D eigenvalue weighted by molar-refractivity contribution is 9.03. The average Bonchev–Trinajstić information content (AvgIpc) is 3.24. The number of hydrogen-bond acceptors (Lipinski definition) is 13. The Kier molecular flexibility index (Phi) is 16.9. The Morgan fingerprint density at radius 3 is 1.18 bits per heavy atom. The van der Waals surface area contributed by atoms with E-state index in [-0.39, 0.29) is 24.4 Å². The molecule has 1 heterocycles. The van der Waals surface area contributed by atoms with Crippen molar-refractivity contribution in [3.63, 3.8) is 0 Å². The van der Waals surface area contributed by atoms with Crippen molar-refractivity contribution in [3.8, 4) is 0 Å². The van der Waals surface area contributed by atoms with Gasteiger partial charge < -0.3 is 18.1 Å². The lowest BCUT2D eigenvalue weighted by Gasteiger charge is -2.26. The van der Waals surface area contributed by atoms with Crippen molar-refractivity contribution >= 4 is 88.8 Å². The van der Waals surface area contributed by atoms with Crippen LogP contribution < -0.4 is 0 Å². The molecule has 4 atom stereocenters. The zero-order chi connectivity index (χ0) is 25.1. The van der Waals surface area contributed by atoms with E-state index in [1.54, 1.807) is 0 Å². The first-order valence-corrected chi connectivity index (χ1v) is 22.6. The second-order valence-electron chi connectivity index (χ2n) is 7.34. The van der Waals surface area contributed by atoms with Crippen LogP contribution in [0.2, 0.25) is 0 Å². The van der Waals surface area contributed by atoms with Gasteiger partial charge in [-0.2, -0.15) is 0 Å². The van der Waals surface area contributed by atoms with Crippen molar-refractivity contribution in [2.75, 3.05) is 0 Å². The fourth-order valence-electron chi connectivity index (χ4n) is 1.72. The zero-order valence-electron chi connectivity index (χ0n) is 20.4. The van der Waals surface area contributed by atoms with Gasteiger partial charge in [-0.25, -0.2) is 0 Å². The highest BCUT2D eigenvalue weighted by Crippen LogP contribution is 2.70. The molecule has 0 N–H and O–H groups in total. The predicted octanol–water partition coefficient (Wildman–Crippen LogP) is 9.73. The van der Waals surface area contributed by atoms with E-state index in [9.17, 15) is 0 Å². The molecule has 0 radical (unpaired) electrons. The third-order valence-corrected chi connectivity index (χ3v) is 22.4. The highest BCUT2D eigenvalue weighted by Gasteiger charge is 2.29. The minimum absolute atomic E-state index is 0.0464. The molecule has 0 aliphatic rings. The molecule has 0 aliphatic carbocycles. The Balaban J connectivity index is 2.79. The van der Waals surface area contributed by atoms with Gasteiger partial charge in [-0.15, -0.1) is 10.2 Å².